The van der Waals surface area contributed by atoms with Crippen LogP contribution < -0.4 is 10.6 Å². The number of anilines is 2. The zero-order valence-corrected chi connectivity index (χ0v) is 18.3. The van der Waals surface area contributed by atoms with Crippen LogP contribution in [-0.2, 0) is 15.6 Å². The number of carbonyl (C=O) groups excluding carboxylic acids is 1. The summed E-state index contributed by atoms with van der Waals surface area (Å²) < 4.78 is 39.0. The first-order valence-electron chi connectivity index (χ1n) is 10.2. The van der Waals surface area contributed by atoms with Gasteiger partial charge < -0.3 is 10.6 Å². The Morgan fingerprint density at radius 2 is 1.33 bits per heavy atom. The van der Waals surface area contributed by atoms with E-state index in [9.17, 15) is 17.6 Å². The molecule has 0 saturated carbocycles. The van der Waals surface area contributed by atoms with Crippen LogP contribution in [0.15, 0.2) is 108 Å². The Bertz CT molecular complexity index is 1360. The second-order valence-corrected chi connectivity index (χ2v) is 9.43. The van der Waals surface area contributed by atoms with Crippen molar-refractivity contribution in [1.29, 1.82) is 0 Å². The average Bonchev–Trinajstić information content (AvgIpc) is 2.80. The van der Waals surface area contributed by atoms with Crippen LogP contribution in [-0.4, -0.2) is 14.4 Å². The molecular formula is C26H21FN2O3S. The number of urea groups is 1. The van der Waals surface area contributed by atoms with Crippen LogP contribution in [0.4, 0.5) is 20.6 Å². The second kappa shape index (κ2) is 9.67. The number of sulfone groups is 1. The Kier molecular flexibility index (Phi) is 6.51. The summed E-state index contributed by atoms with van der Waals surface area (Å²) >= 11 is 0. The normalized spacial score (nSPS) is 11.1. The van der Waals surface area contributed by atoms with E-state index in [0.717, 1.165) is 11.1 Å². The first-order chi connectivity index (χ1) is 15.9. The zero-order chi connectivity index (χ0) is 23.3. The van der Waals surface area contributed by atoms with Crippen LogP contribution in [0.1, 0.15) is 5.56 Å². The number of para-hydroxylation sites is 1. The van der Waals surface area contributed by atoms with Crippen molar-refractivity contribution >= 4 is 27.2 Å². The summed E-state index contributed by atoms with van der Waals surface area (Å²) in [6, 6.07) is 27.8. The molecule has 5 nitrogen and oxygen atoms in total. The molecule has 0 unspecified atom stereocenters. The van der Waals surface area contributed by atoms with Crippen molar-refractivity contribution in [3.8, 4) is 11.1 Å². The largest absolute Gasteiger partial charge is 0.323 e. The minimum absolute atomic E-state index is 0.156. The summed E-state index contributed by atoms with van der Waals surface area (Å²) in [6.07, 6.45) is 0. The minimum atomic E-state index is -3.60. The highest BCUT2D eigenvalue weighted by atomic mass is 32.2. The van der Waals surface area contributed by atoms with Crippen LogP contribution in [0.5, 0.6) is 0 Å². The average molecular weight is 461 g/mol. The summed E-state index contributed by atoms with van der Waals surface area (Å²) in [7, 11) is -3.60. The molecule has 0 aliphatic carbocycles. The first kappa shape index (κ1) is 22.2. The van der Waals surface area contributed by atoms with E-state index in [2.05, 4.69) is 10.6 Å². The second-order valence-electron chi connectivity index (χ2n) is 7.44. The van der Waals surface area contributed by atoms with Gasteiger partial charge in [-0.25, -0.2) is 17.6 Å². The van der Waals surface area contributed by atoms with Crippen molar-refractivity contribution in [1.82, 2.24) is 0 Å². The third kappa shape index (κ3) is 5.84. The molecule has 0 radical (unpaired) electrons. The van der Waals surface area contributed by atoms with E-state index < -0.39 is 15.9 Å². The number of hydrogen-bond acceptors (Lipinski definition) is 3. The van der Waals surface area contributed by atoms with Gasteiger partial charge in [-0.05, 0) is 65.2 Å². The summed E-state index contributed by atoms with van der Waals surface area (Å²) in [5.74, 6) is -0.503. The van der Waals surface area contributed by atoms with Gasteiger partial charge in [-0.2, -0.15) is 0 Å². The van der Waals surface area contributed by atoms with Gasteiger partial charge in [-0.1, -0.05) is 54.6 Å². The molecule has 0 bridgehead atoms. The Hall–Kier alpha value is -3.97. The third-order valence-electron chi connectivity index (χ3n) is 4.96. The molecule has 0 aromatic heterocycles. The van der Waals surface area contributed by atoms with Gasteiger partial charge in [0.2, 0.25) is 0 Å². The highest BCUT2D eigenvalue weighted by Gasteiger charge is 2.16. The lowest BCUT2D eigenvalue weighted by Gasteiger charge is -2.10. The van der Waals surface area contributed by atoms with Gasteiger partial charge in [0, 0.05) is 11.4 Å². The van der Waals surface area contributed by atoms with Crippen molar-refractivity contribution in [3.63, 3.8) is 0 Å². The van der Waals surface area contributed by atoms with E-state index in [0.29, 0.717) is 16.9 Å². The molecule has 33 heavy (non-hydrogen) atoms. The van der Waals surface area contributed by atoms with Gasteiger partial charge in [0.05, 0.1) is 10.6 Å². The maximum absolute atomic E-state index is 13.2. The smallest absolute Gasteiger partial charge is 0.308 e. The number of halogens is 1. The molecule has 0 aliphatic heterocycles. The molecule has 7 heteroatoms. The molecule has 4 rings (SSSR count). The van der Waals surface area contributed by atoms with Crippen molar-refractivity contribution in [3.05, 3.63) is 115 Å². The standard InChI is InChI=1S/C26H21FN2O3S/c27-22-11-9-20(10-12-22)21-6-4-5-19(17-21)18-33(31,32)25-15-13-24(14-16-25)29-26(30)28-23-7-2-1-3-8-23/h1-17H,18H2,(H2,28,29,30). The van der Waals surface area contributed by atoms with Crippen LogP contribution in [0.2, 0.25) is 0 Å². The fraction of sp³-hybridized carbons (Fsp3) is 0.0385. The molecule has 2 amide bonds. The highest BCUT2D eigenvalue weighted by Crippen LogP contribution is 2.24. The number of amides is 2. The quantitative estimate of drug-likeness (QED) is 0.364. The number of rotatable bonds is 6. The molecule has 0 heterocycles. The fourth-order valence-corrected chi connectivity index (χ4v) is 4.68. The topological polar surface area (TPSA) is 75.3 Å². The highest BCUT2D eigenvalue weighted by molar-refractivity contribution is 7.90. The van der Waals surface area contributed by atoms with Gasteiger partial charge in [0.1, 0.15) is 5.82 Å². The number of carbonyl (C=O) groups is 1. The number of hydrogen-bond donors (Lipinski definition) is 2. The maximum Gasteiger partial charge on any atom is 0.323 e. The predicted octanol–water partition coefficient (Wildman–Crippen LogP) is 6.11. The fourth-order valence-electron chi connectivity index (χ4n) is 3.35. The van der Waals surface area contributed by atoms with Gasteiger partial charge in [-0.3, -0.25) is 0 Å². The number of benzene rings is 4. The van der Waals surface area contributed by atoms with Gasteiger partial charge in [0.25, 0.3) is 0 Å². The predicted molar refractivity (Wildman–Crippen MR) is 128 cm³/mol. The monoisotopic (exact) mass is 460 g/mol. The Morgan fingerprint density at radius 1 is 0.697 bits per heavy atom. The summed E-state index contributed by atoms with van der Waals surface area (Å²) in [5, 5.41) is 5.38. The SMILES string of the molecule is O=C(Nc1ccccc1)Nc1ccc(S(=O)(=O)Cc2cccc(-c3ccc(F)cc3)c2)cc1. The molecule has 2 N–H and O–H groups in total. The van der Waals surface area contributed by atoms with Crippen LogP contribution in [0.3, 0.4) is 0 Å². The maximum atomic E-state index is 13.2. The Labute approximate surface area is 191 Å². The minimum Gasteiger partial charge on any atom is -0.308 e. The molecule has 0 atom stereocenters. The number of nitrogens with one attached hydrogen (secondary N) is 2. The summed E-state index contributed by atoms with van der Waals surface area (Å²) in [5.41, 5.74) is 3.37. The van der Waals surface area contributed by atoms with E-state index in [4.69, 9.17) is 0 Å². The first-order valence-corrected chi connectivity index (χ1v) is 11.8. The third-order valence-corrected chi connectivity index (χ3v) is 6.67. The van der Waals surface area contributed by atoms with Crippen molar-refractivity contribution in [2.24, 2.45) is 0 Å². The van der Waals surface area contributed by atoms with Crippen molar-refractivity contribution in [2.45, 2.75) is 10.6 Å². The lowest BCUT2D eigenvalue weighted by atomic mass is 10.0. The van der Waals surface area contributed by atoms with Crippen LogP contribution >= 0.6 is 0 Å². The van der Waals surface area contributed by atoms with Crippen molar-refractivity contribution < 1.29 is 17.6 Å². The molecule has 0 saturated heterocycles. The lowest BCUT2D eigenvalue weighted by Crippen LogP contribution is -2.19. The van der Waals surface area contributed by atoms with Gasteiger partial charge in [-0.15, -0.1) is 0 Å². The van der Waals surface area contributed by atoms with Gasteiger partial charge in [0.15, 0.2) is 9.84 Å². The van der Waals surface area contributed by atoms with E-state index in [-0.39, 0.29) is 16.5 Å². The Balaban J connectivity index is 1.44. The lowest BCUT2D eigenvalue weighted by molar-refractivity contribution is 0.262. The van der Waals surface area contributed by atoms with Gasteiger partial charge >= 0.3 is 6.03 Å². The summed E-state index contributed by atoms with van der Waals surface area (Å²) in [6.45, 7) is 0. The van der Waals surface area contributed by atoms with Crippen LogP contribution in [0.25, 0.3) is 11.1 Å². The Morgan fingerprint density at radius 3 is 2.00 bits per heavy atom. The molecule has 0 spiro atoms. The van der Waals surface area contributed by atoms with Crippen molar-refractivity contribution in [2.75, 3.05) is 10.6 Å². The summed E-state index contributed by atoms with van der Waals surface area (Å²) in [4.78, 5) is 12.3. The molecular weight excluding hydrogens is 439 g/mol. The molecule has 0 fully saturated rings. The molecule has 4 aromatic carbocycles. The van der Waals surface area contributed by atoms with E-state index in [1.54, 1.807) is 54.6 Å². The van der Waals surface area contributed by atoms with E-state index in [1.165, 1.54) is 24.3 Å². The van der Waals surface area contributed by atoms with E-state index >= 15 is 0 Å². The molecule has 166 valence electrons. The van der Waals surface area contributed by atoms with E-state index in [1.807, 2.05) is 24.3 Å². The molecule has 0 aliphatic rings. The molecule has 4 aromatic rings. The zero-order valence-electron chi connectivity index (χ0n) is 17.5. The van der Waals surface area contributed by atoms with Crippen LogP contribution in [0, 0.1) is 5.82 Å².